The van der Waals surface area contributed by atoms with Gasteiger partial charge in [-0.1, -0.05) is 22.0 Å². The van der Waals surface area contributed by atoms with Gasteiger partial charge in [0.15, 0.2) is 0 Å². The van der Waals surface area contributed by atoms with Crippen LogP contribution in [-0.4, -0.2) is 21.6 Å². The molecule has 0 aliphatic heterocycles. The third kappa shape index (κ3) is 2.87. The maximum absolute atomic E-state index is 13.4. The SMILES string of the molecule is CC(=O)n1c(C(F)(F)F)c(CC(=O)O)c2cc(CBr)ccc21. The molecule has 8 heteroatoms. The third-order valence-electron chi connectivity index (χ3n) is 3.20. The highest BCUT2D eigenvalue weighted by Crippen LogP contribution is 2.39. The highest BCUT2D eigenvalue weighted by Gasteiger charge is 2.40. The van der Waals surface area contributed by atoms with Crippen LogP contribution in [0, 0.1) is 0 Å². The maximum Gasteiger partial charge on any atom is 0.432 e. The van der Waals surface area contributed by atoms with Crippen molar-refractivity contribution in [2.24, 2.45) is 0 Å². The number of nitrogens with zero attached hydrogens (tertiary/aromatic N) is 1. The standard InChI is InChI=1S/C14H11BrF3NO3/c1-7(20)19-11-3-2-8(6-15)4-9(11)10(5-12(21)22)13(19)14(16,17)18/h2-4H,5-6H2,1H3,(H,21,22). The van der Waals surface area contributed by atoms with Crippen molar-refractivity contribution in [2.75, 3.05) is 0 Å². The predicted molar refractivity (Wildman–Crippen MR) is 77.2 cm³/mol. The number of hydrogen-bond acceptors (Lipinski definition) is 2. The predicted octanol–water partition coefficient (Wildman–Crippen LogP) is 3.84. The van der Waals surface area contributed by atoms with Crippen molar-refractivity contribution >= 4 is 38.7 Å². The molecule has 1 N–H and O–H groups in total. The average Bonchev–Trinajstić information content (AvgIpc) is 2.72. The Morgan fingerprint density at radius 3 is 2.41 bits per heavy atom. The van der Waals surface area contributed by atoms with Gasteiger partial charge in [-0.05, 0) is 17.7 Å². The van der Waals surface area contributed by atoms with Crippen LogP contribution in [0.1, 0.15) is 28.5 Å². The summed E-state index contributed by atoms with van der Waals surface area (Å²) in [4.78, 5) is 22.6. The van der Waals surface area contributed by atoms with Gasteiger partial charge in [0, 0.05) is 23.2 Å². The summed E-state index contributed by atoms with van der Waals surface area (Å²) in [6.07, 6.45) is -5.64. The van der Waals surface area contributed by atoms with Crippen molar-refractivity contribution in [3.63, 3.8) is 0 Å². The van der Waals surface area contributed by atoms with Crippen molar-refractivity contribution in [2.45, 2.75) is 24.9 Å². The van der Waals surface area contributed by atoms with E-state index >= 15 is 0 Å². The second-order valence-electron chi connectivity index (χ2n) is 4.73. The van der Waals surface area contributed by atoms with Crippen LogP contribution in [0.3, 0.4) is 0 Å². The largest absolute Gasteiger partial charge is 0.481 e. The molecule has 0 bridgehead atoms. The van der Waals surface area contributed by atoms with E-state index in [9.17, 15) is 22.8 Å². The molecule has 22 heavy (non-hydrogen) atoms. The first-order chi connectivity index (χ1) is 10.2. The molecule has 1 aromatic carbocycles. The molecule has 2 aromatic rings. The molecule has 0 aliphatic carbocycles. The number of benzene rings is 1. The van der Waals surface area contributed by atoms with Crippen LogP contribution in [0.5, 0.6) is 0 Å². The molecule has 0 fully saturated rings. The van der Waals surface area contributed by atoms with E-state index in [2.05, 4.69) is 15.9 Å². The lowest BCUT2D eigenvalue weighted by molar-refractivity contribution is -0.143. The van der Waals surface area contributed by atoms with Crippen molar-refractivity contribution in [3.8, 4) is 0 Å². The molecule has 0 amide bonds. The molecule has 1 aromatic heterocycles. The Hall–Kier alpha value is -1.83. The fourth-order valence-corrected chi connectivity index (χ4v) is 2.79. The zero-order valence-corrected chi connectivity index (χ0v) is 13.0. The fraction of sp³-hybridized carbons (Fsp3) is 0.286. The smallest absolute Gasteiger partial charge is 0.432 e. The number of fused-ring (bicyclic) bond motifs is 1. The number of carbonyl (C=O) groups excluding carboxylic acids is 1. The van der Waals surface area contributed by atoms with Gasteiger partial charge in [0.1, 0.15) is 5.69 Å². The molecule has 1 heterocycles. The van der Waals surface area contributed by atoms with E-state index < -0.39 is 35.7 Å². The van der Waals surface area contributed by atoms with Gasteiger partial charge in [-0.3, -0.25) is 14.2 Å². The highest BCUT2D eigenvalue weighted by atomic mass is 79.9. The van der Waals surface area contributed by atoms with Gasteiger partial charge in [0.05, 0.1) is 11.9 Å². The maximum atomic E-state index is 13.4. The topological polar surface area (TPSA) is 59.3 Å². The van der Waals surface area contributed by atoms with E-state index in [1.165, 1.54) is 12.1 Å². The van der Waals surface area contributed by atoms with Crippen LogP contribution < -0.4 is 0 Å². The first-order valence-electron chi connectivity index (χ1n) is 6.19. The van der Waals surface area contributed by atoms with Gasteiger partial charge in [0.2, 0.25) is 5.91 Å². The summed E-state index contributed by atoms with van der Waals surface area (Å²) < 4.78 is 40.6. The number of halogens is 4. The summed E-state index contributed by atoms with van der Waals surface area (Å²) >= 11 is 3.20. The van der Waals surface area contributed by atoms with Gasteiger partial charge in [-0.25, -0.2) is 0 Å². The molecule has 2 rings (SSSR count). The summed E-state index contributed by atoms with van der Waals surface area (Å²) in [7, 11) is 0. The Morgan fingerprint density at radius 2 is 1.95 bits per heavy atom. The first-order valence-corrected chi connectivity index (χ1v) is 7.31. The monoisotopic (exact) mass is 377 g/mol. The van der Waals surface area contributed by atoms with Crippen molar-refractivity contribution < 1.29 is 27.9 Å². The van der Waals surface area contributed by atoms with Gasteiger partial charge < -0.3 is 5.11 Å². The van der Waals surface area contributed by atoms with Gasteiger partial charge in [0.25, 0.3) is 0 Å². The molecular formula is C14H11BrF3NO3. The molecular weight excluding hydrogens is 367 g/mol. The Morgan fingerprint density at radius 1 is 1.32 bits per heavy atom. The van der Waals surface area contributed by atoms with Crippen LogP contribution in [0.25, 0.3) is 10.9 Å². The quantitative estimate of drug-likeness (QED) is 0.826. The van der Waals surface area contributed by atoms with E-state index in [4.69, 9.17) is 5.11 Å². The second kappa shape index (κ2) is 5.75. The minimum atomic E-state index is -4.83. The van der Waals surface area contributed by atoms with E-state index in [0.717, 1.165) is 6.92 Å². The minimum absolute atomic E-state index is 0.0563. The number of hydrogen-bond donors (Lipinski definition) is 1. The lowest BCUT2D eigenvalue weighted by atomic mass is 10.1. The van der Waals surface area contributed by atoms with E-state index in [-0.39, 0.29) is 10.9 Å². The van der Waals surface area contributed by atoms with Crippen molar-refractivity contribution in [1.82, 2.24) is 4.57 Å². The van der Waals surface area contributed by atoms with Crippen LogP contribution in [0.4, 0.5) is 13.2 Å². The minimum Gasteiger partial charge on any atom is -0.481 e. The molecule has 0 spiro atoms. The lowest BCUT2D eigenvalue weighted by Crippen LogP contribution is -2.20. The number of carboxylic acid groups (broad SMARTS) is 1. The number of alkyl halides is 4. The molecule has 0 unspecified atom stereocenters. The summed E-state index contributed by atoms with van der Waals surface area (Å²) in [6, 6.07) is 4.45. The molecule has 0 saturated heterocycles. The summed E-state index contributed by atoms with van der Waals surface area (Å²) in [5.74, 6) is -2.21. The van der Waals surface area contributed by atoms with E-state index in [0.29, 0.717) is 15.5 Å². The summed E-state index contributed by atoms with van der Waals surface area (Å²) in [6.45, 7) is 1.01. The first kappa shape index (κ1) is 16.5. The Kier molecular flexibility index (Phi) is 4.32. The number of aromatic nitrogens is 1. The van der Waals surface area contributed by atoms with Crippen LogP contribution in [-0.2, 0) is 22.7 Å². The average molecular weight is 378 g/mol. The van der Waals surface area contributed by atoms with Crippen molar-refractivity contribution in [1.29, 1.82) is 0 Å². The molecule has 0 saturated carbocycles. The van der Waals surface area contributed by atoms with Crippen LogP contribution >= 0.6 is 15.9 Å². The molecule has 0 aliphatic rings. The van der Waals surface area contributed by atoms with Crippen LogP contribution in [0.15, 0.2) is 18.2 Å². The van der Waals surface area contributed by atoms with E-state index in [1.807, 2.05) is 0 Å². The van der Waals surface area contributed by atoms with Crippen LogP contribution in [0.2, 0.25) is 0 Å². The molecule has 0 radical (unpaired) electrons. The number of rotatable bonds is 3. The van der Waals surface area contributed by atoms with Gasteiger partial charge >= 0.3 is 12.1 Å². The highest BCUT2D eigenvalue weighted by molar-refractivity contribution is 9.08. The van der Waals surface area contributed by atoms with Gasteiger partial charge in [-0.2, -0.15) is 13.2 Å². The Labute approximate surface area is 131 Å². The third-order valence-corrected chi connectivity index (χ3v) is 3.85. The zero-order valence-electron chi connectivity index (χ0n) is 11.4. The molecule has 118 valence electrons. The fourth-order valence-electron chi connectivity index (χ4n) is 2.44. The Balaban J connectivity index is 2.95. The molecule has 0 atom stereocenters. The number of aliphatic carboxylic acids is 1. The number of carboxylic acids is 1. The van der Waals surface area contributed by atoms with E-state index in [1.54, 1.807) is 6.07 Å². The lowest BCUT2D eigenvalue weighted by Gasteiger charge is -2.11. The normalized spacial score (nSPS) is 11.9. The molecule has 4 nitrogen and oxygen atoms in total. The van der Waals surface area contributed by atoms with Crippen molar-refractivity contribution in [3.05, 3.63) is 35.0 Å². The number of carbonyl (C=O) groups is 2. The summed E-state index contributed by atoms with van der Waals surface area (Å²) in [5, 5.41) is 9.45. The zero-order chi connectivity index (χ0) is 16.7. The summed E-state index contributed by atoms with van der Waals surface area (Å²) in [5.41, 5.74) is -0.869. The second-order valence-corrected chi connectivity index (χ2v) is 5.30. The van der Waals surface area contributed by atoms with Gasteiger partial charge in [-0.15, -0.1) is 0 Å². The Bertz CT molecular complexity index is 765.